The summed E-state index contributed by atoms with van der Waals surface area (Å²) in [6.07, 6.45) is 3.53. The second-order valence-corrected chi connectivity index (χ2v) is 5.46. The Hall–Kier alpha value is -0.240. The van der Waals surface area contributed by atoms with Crippen LogP contribution in [0.2, 0.25) is 0 Å². The molecule has 6 heteroatoms. The first-order valence-corrected chi connectivity index (χ1v) is 7.33. The third kappa shape index (κ3) is 6.47. The van der Waals surface area contributed by atoms with E-state index >= 15 is 0 Å². The van der Waals surface area contributed by atoms with Crippen LogP contribution in [0.25, 0.3) is 0 Å². The Morgan fingerprint density at radius 2 is 1.70 bits per heavy atom. The van der Waals surface area contributed by atoms with Crippen molar-refractivity contribution in [2.75, 3.05) is 46.2 Å². The fraction of sp³-hybridized carbons (Fsp3) is 1.00. The first-order valence-electron chi connectivity index (χ1n) is 7.33. The summed E-state index contributed by atoms with van der Waals surface area (Å²) < 4.78 is 14.6. The maximum atomic E-state index is 8.76. The largest absolute Gasteiger partial charge is 0.396 e. The fourth-order valence-electron chi connectivity index (χ4n) is 1.76. The zero-order chi connectivity index (χ0) is 14.8. The first kappa shape index (κ1) is 17.8. The highest BCUT2D eigenvalue weighted by Gasteiger charge is 2.35. The Kier molecular flexibility index (Phi) is 8.60. The van der Waals surface area contributed by atoms with E-state index in [1.54, 1.807) is 0 Å². The average Bonchev–Trinajstić information content (AvgIpc) is 3.14. The van der Waals surface area contributed by atoms with Gasteiger partial charge in [-0.1, -0.05) is 6.92 Å². The molecule has 3 rings (SSSR count). The molecule has 3 N–H and O–H groups in total. The van der Waals surface area contributed by atoms with Crippen LogP contribution in [-0.4, -0.2) is 73.8 Å². The highest BCUT2D eigenvalue weighted by Crippen LogP contribution is 2.29. The molecule has 120 valence electrons. The van der Waals surface area contributed by atoms with Crippen LogP contribution in [0, 0.1) is 5.41 Å². The monoisotopic (exact) mass is 292 g/mol. The third-order valence-electron chi connectivity index (χ3n) is 3.74. The lowest BCUT2D eigenvalue weighted by atomic mass is 9.84. The Morgan fingerprint density at radius 3 is 1.80 bits per heavy atom. The summed E-state index contributed by atoms with van der Waals surface area (Å²) in [5.74, 6) is 0. The number of hydrogen-bond donors (Lipinski definition) is 3. The van der Waals surface area contributed by atoms with Crippen molar-refractivity contribution in [2.45, 2.75) is 38.4 Å². The van der Waals surface area contributed by atoms with E-state index < -0.39 is 0 Å². The zero-order valence-corrected chi connectivity index (χ0v) is 12.3. The lowest BCUT2D eigenvalue weighted by molar-refractivity contribution is -0.138. The lowest BCUT2D eigenvalue weighted by Gasteiger charge is -2.38. The molecule has 2 unspecified atom stereocenters. The summed E-state index contributed by atoms with van der Waals surface area (Å²) in [7, 11) is 0. The molecule has 0 spiro atoms. The van der Waals surface area contributed by atoms with Crippen molar-refractivity contribution >= 4 is 0 Å². The van der Waals surface area contributed by atoms with Gasteiger partial charge in [0.1, 0.15) is 6.10 Å². The van der Waals surface area contributed by atoms with E-state index in [1.165, 1.54) is 0 Å². The topological polar surface area (TPSA) is 91.7 Å². The summed E-state index contributed by atoms with van der Waals surface area (Å²) in [5, 5.41) is 25.3. The third-order valence-corrected chi connectivity index (χ3v) is 3.74. The summed E-state index contributed by atoms with van der Waals surface area (Å²) >= 11 is 0. The van der Waals surface area contributed by atoms with Crippen LogP contribution in [0.15, 0.2) is 0 Å². The van der Waals surface area contributed by atoms with Gasteiger partial charge in [0.25, 0.3) is 0 Å². The molecule has 0 saturated carbocycles. The Morgan fingerprint density at radius 1 is 1.05 bits per heavy atom. The van der Waals surface area contributed by atoms with E-state index in [-0.39, 0.29) is 37.4 Å². The average molecular weight is 292 g/mol. The molecule has 3 saturated heterocycles. The van der Waals surface area contributed by atoms with Crippen molar-refractivity contribution < 1.29 is 29.5 Å². The number of aliphatic hydroxyl groups excluding tert-OH is 3. The lowest BCUT2D eigenvalue weighted by Crippen LogP contribution is -2.44. The van der Waals surface area contributed by atoms with E-state index in [2.05, 4.69) is 11.7 Å². The second kappa shape index (κ2) is 9.65. The van der Waals surface area contributed by atoms with Gasteiger partial charge in [0.05, 0.1) is 45.7 Å². The van der Waals surface area contributed by atoms with E-state index in [0.717, 1.165) is 45.7 Å². The highest BCUT2D eigenvalue weighted by atomic mass is 16.6. The molecule has 0 aliphatic carbocycles. The van der Waals surface area contributed by atoms with Crippen molar-refractivity contribution in [1.82, 2.24) is 0 Å². The van der Waals surface area contributed by atoms with Crippen molar-refractivity contribution in [2.24, 2.45) is 5.41 Å². The molecule has 3 fully saturated rings. The molecular weight excluding hydrogens is 264 g/mol. The van der Waals surface area contributed by atoms with Gasteiger partial charge in [0.2, 0.25) is 0 Å². The van der Waals surface area contributed by atoms with Crippen LogP contribution in [-0.2, 0) is 14.2 Å². The van der Waals surface area contributed by atoms with E-state index in [4.69, 9.17) is 24.8 Å². The van der Waals surface area contributed by atoms with Crippen molar-refractivity contribution in [1.29, 1.82) is 0 Å². The molecule has 2 atom stereocenters. The van der Waals surface area contributed by atoms with Crippen LogP contribution in [0.3, 0.4) is 0 Å². The van der Waals surface area contributed by atoms with Crippen LogP contribution < -0.4 is 0 Å². The summed E-state index contributed by atoms with van der Waals surface area (Å²) in [6, 6.07) is 0. The van der Waals surface area contributed by atoms with Gasteiger partial charge in [-0.3, -0.25) is 0 Å². The van der Waals surface area contributed by atoms with Gasteiger partial charge in [0.15, 0.2) is 0 Å². The maximum absolute atomic E-state index is 8.76. The van der Waals surface area contributed by atoms with Crippen LogP contribution in [0.5, 0.6) is 0 Å². The number of aliphatic hydroxyl groups is 3. The standard InChI is InChI=1S/C6H12O2.C5H10O2.C3H6O2/c1-2-6(3-7)4-8-5-6;6-4-5-2-1-3-7-5;4-1-3-2-5-3/h7H,2-5H2,1H3;5-6H,1-4H2;3-4H,1-2H2. The normalized spacial score (nSPS) is 29.4. The molecule has 0 aromatic rings. The molecule has 3 aliphatic rings. The predicted molar refractivity (Wildman–Crippen MR) is 73.5 cm³/mol. The van der Waals surface area contributed by atoms with E-state index in [0.29, 0.717) is 0 Å². The Balaban J connectivity index is 0.000000154. The van der Waals surface area contributed by atoms with E-state index in [1.807, 2.05) is 0 Å². The summed E-state index contributed by atoms with van der Waals surface area (Å²) in [4.78, 5) is 0. The minimum atomic E-state index is 0.139. The van der Waals surface area contributed by atoms with Gasteiger partial charge in [-0.2, -0.15) is 0 Å². The predicted octanol–water partition coefficient (Wildman–Crippen LogP) is -0.0595. The highest BCUT2D eigenvalue weighted by molar-refractivity contribution is 4.82. The molecule has 0 amide bonds. The van der Waals surface area contributed by atoms with Gasteiger partial charge >= 0.3 is 0 Å². The number of rotatable bonds is 4. The molecular formula is C14H28O6. The second-order valence-electron chi connectivity index (χ2n) is 5.46. The van der Waals surface area contributed by atoms with Crippen LogP contribution >= 0.6 is 0 Å². The van der Waals surface area contributed by atoms with Gasteiger partial charge in [0, 0.05) is 12.0 Å². The molecule has 0 bridgehead atoms. The molecule has 0 aromatic heterocycles. The SMILES string of the molecule is CCC1(CO)COC1.OCC1CCCO1.OCC1CO1. The van der Waals surface area contributed by atoms with Gasteiger partial charge < -0.3 is 29.5 Å². The number of ether oxygens (including phenoxy) is 3. The van der Waals surface area contributed by atoms with E-state index in [9.17, 15) is 0 Å². The quantitative estimate of drug-likeness (QED) is 0.629. The maximum Gasteiger partial charge on any atom is 0.104 e. The van der Waals surface area contributed by atoms with Gasteiger partial charge in [-0.05, 0) is 19.3 Å². The Labute approximate surface area is 120 Å². The molecule has 20 heavy (non-hydrogen) atoms. The molecule has 6 nitrogen and oxygen atoms in total. The summed E-state index contributed by atoms with van der Waals surface area (Å²) in [5.41, 5.74) is 0.139. The molecule has 0 aromatic carbocycles. The Bertz CT molecular complexity index is 220. The van der Waals surface area contributed by atoms with Crippen LogP contribution in [0.1, 0.15) is 26.2 Å². The summed E-state index contributed by atoms with van der Waals surface area (Å²) in [6.45, 7) is 5.85. The zero-order valence-electron chi connectivity index (χ0n) is 12.3. The van der Waals surface area contributed by atoms with Gasteiger partial charge in [-0.25, -0.2) is 0 Å². The smallest absolute Gasteiger partial charge is 0.104 e. The van der Waals surface area contributed by atoms with Crippen molar-refractivity contribution in [3.05, 3.63) is 0 Å². The van der Waals surface area contributed by atoms with Crippen molar-refractivity contribution in [3.8, 4) is 0 Å². The number of epoxide rings is 1. The molecule has 0 radical (unpaired) electrons. The number of hydrogen-bond acceptors (Lipinski definition) is 6. The molecule has 3 heterocycles. The van der Waals surface area contributed by atoms with Gasteiger partial charge in [-0.15, -0.1) is 0 Å². The molecule has 3 aliphatic heterocycles. The van der Waals surface area contributed by atoms with Crippen LogP contribution in [0.4, 0.5) is 0 Å². The van der Waals surface area contributed by atoms with Crippen molar-refractivity contribution in [3.63, 3.8) is 0 Å². The fourth-order valence-corrected chi connectivity index (χ4v) is 1.76. The minimum absolute atomic E-state index is 0.139. The first-order chi connectivity index (χ1) is 9.69. The minimum Gasteiger partial charge on any atom is -0.396 e.